The fourth-order valence-corrected chi connectivity index (χ4v) is 7.76. The zero-order valence-electron chi connectivity index (χ0n) is 25.2. The number of urea groups is 1. The highest BCUT2D eigenvalue weighted by Gasteiger charge is 2.48. The molecule has 0 bridgehead atoms. The number of para-hydroxylation sites is 2. The molecule has 11 heteroatoms. The maximum absolute atomic E-state index is 13.2. The Morgan fingerprint density at radius 3 is 2.57 bits per heavy atom. The molecule has 3 aromatic carbocycles. The number of hydrogen-bond acceptors (Lipinski definition) is 8. The average molecular weight is 634 g/mol. The molecule has 6 rings (SSSR count). The first kappa shape index (κ1) is 30.2. The summed E-state index contributed by atoms with van der Waals surface area (Å²) >= 11 is 8.15. The number of nitrogens with zero attached hydrogens (tertiary/aromatic N) is 3. The van der Waals surface area contributed by atoms with Crippen LogP contribution in [0.2, 0.25) is 5.02 Å². The molecule has 0 aliphatic carbocycles. The standard InChI is InChI=1S/C33H36ClN5O4S/c1-32(2,3)18-38-15-13-33(14-16-38)19-39(28-25(40)12-10-21(34)27(28)33)24-8-6-5-7-22(24)35-30(42)37-31-36-23-11-9-20(29(41)43-4)17-26(23)44-31/h5-12,17,40H,13-16,18-19H2,1-4H3,(H2,35,36,37,42). The van der Waals surface area contributed by atoms with E-state index in [1.54, 1.807) is 30.3 Å². The molecule has 0 radical (unpaired) electrons. The number of likely N-dealkylation sites (tertiary alicyclic amines) is 1. The van der Waals surface area contributed by atoms with Gasteiger partial charge in [0.05, 0.1) is 40.0 Å². The van der Waals surface area contributed by atoms with Crippen molar-refractivity contribution in [2.45, 2.75) is 39.0 Å². The topological polar surface area (TPSA) is 107 Å². The number of esters is 1. The number of aromatic hydroxyl groups is 1. The first-order chi connectivity index (χ1) is 21.0. The van der Waals surface area contributed by atoms with Crippen LogP contribution < -0.4 is 15.5 Å². The summed E-state index contributed by atoms with van der Waals surface area (Å²) in [5.41, 5.74) is 4.10. The summed E-state index contributed by atoms with van der Waals surface area (Å²) < 4.78 is 5.56. The van der Waals surface area contributed by atoms with Crippen molar-refractivity contribution in [3.05, 3.63) is 70.7 Å². The maximum Gasteiger partial charge on any atom is 0.337 e. The number of amides is 2. The van der Waals surface area contributed by atoms with E-state index in [1.165, 1.54) is 18.4 Å². The minimum Gasteiger partial charge on any atom is -0.506 e. The fraction of sp³-hybridized carbons (Fsp3) is 0.364. The van der Waals surface area contributed by atoms with E-state index in [9.17, 15) is 14.7 Å². The number of fused-ring (bicyclic) bond motifs is 3. The van der Waals surface area contributed by atoms with Crippen LogP contribution in [0.4, 0.5) is 27.0 Å². The summed E-state index contributed by atoms with van der Waals surface area (Å²) in [6.07, 6.45) is 1.84. The van der Waals surface area contributed by atoms with Crippen molar-refractivity contribution in [2.75, 3.05) is 48.8 Å². The summed E-state index contributed by atoms with van der Waals surface area (Å²) in [5, 5.41) is 18.0. The smallest absolute Gasteiger partial charge is 0.337 e. The van der Waals surface area contributed by atoms with Gasteiger partial charge in [-0.15, -0.1) is 0 Å². The Morgan fingerprint density at radius 1 is 1.09 bits per heavy atom. The lowest BCUT2D eigenvalue weighted by molar-refractivity contribution is 0.0601. The number of carbonyl (C=O) groups excluding carboxylic acids is 2. The van der Waals surface area contributed by atoms with Crippen molar-refractivity contribution in [1.29, 1.82) is 0 Å². The number of anilines is 4. The first-order valence-electron chi connectivity index (χ1n) is 14.6. The van der Waals surface area contributed by atoms with Crippen LogP contribution in [-0.4, -0.2) is 60.3 Å². The molecule has 1 aromatic heterocycles. The van der Waals surface area contributed by atoms with Gasteiger partial charge in [-0.05, 0) is 73.8 Å². The number of thiazole rings is 1. The minimum atomic E-state index is -0.454. The second-order valence-electron chi connectivity index (χ2n) is 12.8. The molecular weight excluding hydrogens is 598 g/mol. The average Bonchev–Trinajstić information content (AvgIpc) is 3.54. The van der Waals surface area contributed by atoms with Gasteiger partial charge < -0.3 is 25.0 Å². The van der Waals surface area contributed by atoms with Gasteiger partial charge in [-0.1, -0.05) is 55.8 Å². The van der Waals surface area contributed by atoms with Gasteiger partial charge in [-0.3, -0.25) is 5.32 Å². The molecule has 1 spiro atoms. The van der Waals surface area contributed by atoms with Crippen LogP contribution >= 0.6 is 22.9 Å². The van der Waals surface area contributed by atoms with Crippen LogP contribution in [0.25, 0.3) is 10.2 Å². The number of rotatable bonds is 5. The number of piperidine rings is 1. The number of ether oxygens (including phenoxy) is 1. The van der Waals surface area contributed by atoms with Gasteiger partial charge in [0.15, 0.2) is 5.13 Å². The molecule has 1 saturated heterocycles. The second kappa shape index (κ2) is 11.6. The van der Waals surface area contributed by atoms with E-state index in [1.807, 2.05) is 24.3 Å². The fourth-order valence-electron chi connectivity index (χ4n) is 6.51. The predicted molar refractivity (Wildman–Crippen MR) is 177 cm³/mol. The number of benzene rings is 3. The van der Waals surface area contributed by atoms with E-state index >= 15 is 0 Å². The molecule has 4 aromatic rings. The Labute approximate surface area is 265 Å². The van der Waals surface area contributed by atoms with Gasteiger partial charge in [0.25, 0.3) is 0 Å². The lowest BCUT2D eigenvalue weighted by Gasteiger charge is -2.42. The van der Waals surface area contributed by atoms with Gasteiger partial charge in [-0.25, -0.2) is 14.6 Å². The molecule has 0 saturated carbocycles. The van der Waals surface area contributed by atoms with Crippen molar-refractivity contribution in [3.63, 3.8) is 0 Å². The summed E-state index contributed by atoms with van der Waals surface area (Å²) in [4.78, 5) is 34.3. The summed E-state index contributed by atoms with van der Waals surface area (Å²) in [5.74, 6) is -0.268. The number of carbonyl (C=O) groups is 2. The number of hydrogen-bond donors (Lipinski definition) is 3. The summed E-state index contributed by atoms with van der Waals surface area (Å²) in [6, 6.07) is 15.6. The highest BCUT2D eigenvalue weighted by molar-refractivity contribution is 7.22. The monoisotopic (exact) mass is 633 g/mol. The quantitative estimate of drug-likeness (QED) is 0.194. The van der Waals surface area contributed by atoms with Gasteiger partial charge >= 0.3 is 12.0 Å². The van der Waals surface area contributed by atoms with E-state index in [2.05, 4.69) is 46.2 Å². The molecule has 0 unspecified atom stereocenters. The van der Waals surface area contributed by atoms with Crippen molar-refractivity contribution < 1.29 is 19.4 Å². The molecule has 2 aliphatic heterocycles. The Hall–Kier alpha value is -3.86. The Bertz CT molecular complexity index is 1740. The molecule has 1 fully saturated rings. The number of halogens is 1. The van der Waals surface area contributed by atoms with Crippen molar-refractivity contribution in [2.24, 2.45) is 5.41 Å². The third-order valence-corrected chi connectivity index (χ3v) is 9.60. The lowest BCUT2D eigenvalue weighted by atomic mass is 9.74. The Kier molecular flexibility index (Phi) is 7.94. The largest absolute Gasteiger partial charge is 0.506 e. The van der Waals surface area contributed by atoms with Crippen molar-refractivity contribution in [3.8, 4) is 5.75 Å². The Morgan fingerprint density at radius 2 is 1.84 bits per heavy atom. The SMILES string of the molecule is COC(=O)c1ccc2nc(NC(=O)Nc3ccccc3N3CC4(CCN(CC(C)(C)C)CC4)c4c(Cl)ccc(O)c43)sc2c1. The molecule has 230 valence electrons. The number of nitrogens with one attached hydrogen (secondary N) is 2. The van der Waals surface area contributed by atoms with Crippen molar-refractivity contribution >= 4 is 67.3 Å². The van der Waals surface area contributed by atoms with Crippen LogP contribution in [0, 0.1) is 5.41 Å². The van der Waals surface area contributed by atoms with Gasteiger partial charge in [-0.2, -0.15) is 0 Å². The van der Waals surface area contributed by atoms with E-state index in [-0.39, 0.29) is 16.6 Å². The van der Waals surface area contributed by atoms with Gasteiger partial charge in [0.1, 0.15) is 5.75 Å². The number of methoxy groups -OCH3 is 1. The van der Waals surface area contributed by atoms with Gasteiger partial charge in [0.2, 0.25) is 0 Å². The van der Waals surface area contributed by atoms with Crippen LogP contribution in [-0.2, 0) is 10.2 Å². The number of phenols is 1. The molecule has 3 N–H and O–H groups in total. The third kappa shape index (κ3) is 5.81. The molecular formula is C33H36ClN5O4S. The van der Waals surface area contributed by atoms with Gasteiger partial charge in [0, 0.05) is 29.1 Å². The van der Waals surface area contributed by atoms with E-state index in [4.69, 9.17) is 16.3 Å². The zero-order valence-corrected chi connectivity index (χ0v) is 26.8. The van der Waals surface area contributed by atoms with Crippen LogP contribution in [0.1, 0.15) is 49.5 Å². The number of aromatic nitrogens is 1. The molecule has 2 aliphatic rings. The third-order valence-electron chi connectivity index (χ3n) is 8.35. The van der Waals surface area contributed by atoms with Crippen LogP contribution in [0.5, 0.6) is 5.75 Å². The highest BCUT2D eigenvalue weighted by Crippen LogP contribution is 2.56. The second-order valence-corrected chi connectivity index (χ2v) is 14.2. The van der Waals surface area contributed by atoms with Crippen molar-refractivity contribution in [1.82, 2.24) is 9.88 Å². The highest BCUT2D eigenvalue weighted by atomic mass is 35.5. The molecule has 0 atom stereocenters. The van der Waals surface area contributed by atoms with E-state index in [0.29, 0.717) is 39.2 Å². The molecule has 2 amide bonds. The zero-order chi connectivity index (χ0) is 31.2. The minimum absolute atomic E-state index is 0.165. The first-order valence-corrected chi connectivity index (χ1v) is 15.8. The van der Waals surface area contributed by atoms with Crippen LogP contribution in [0.15, 0.2) is 54.6 Å². The molecule has 9 nitrogen and oxygen atoms in total. The molecule has 3 heterocycles. The lowest BCUT2D eigenvalue weighted by Crippen LogP contribution is -2.47. The van der Waals surface area contributed by atoms with E-state index < -0.39 is 12.0 Å². The molecule has 44 heavy (non-hydrogen) atoms. The predicted octanol–water partition coefficient (Wildman–Crippen LogP) is 7.62. The summed E-state index contributed by atoms with van der Waals surface area (Å²) in [6.45, 7) is 10.3. The normalized spacial score (nSPS) is 16.2. The summed E-state index contributed by atoms with van der Waals surface area (Å²) in [7, 11) is 1.33. The number of phenolic OH excluding ortho intramolecular Hbond substituents is 1. The van der Waals surface area contributed by atoms with Crippen LogP contribution in [0.3, 0.4) is 0 Å². The maximum atomic E-state index is 13.2. The van der Waals surface area contributed by atoms with E-state index in [0.717, 1.165) is 48.4 Å². The Balaban J connectivity index is 1.25.